The summed E-state index contributed by atoms with van der Waals surface area (Å²) < 4.78 is 52.7. The topological polar surface area (TPSA) is 77.0 Å². The van der Waals surface area contributed by atoms with Crippen LogP contribution in [-0.4, -0.2) is 77.2 Å². The number of hydrogen-bond donors (Lipinski definition) is 0. The van der Waals surface area contributed by atoms with E-state index in [1.807, 2.05) is 0 Å². The van der Waals surface area contributed by atoms with Crippen LogP contribution in [0.25, 0.3) is 0 Å². The maximum Gasteiger partial charge on any atom is 0.573 e. The molecule has 166 valence electrons. The van der Waals surface area contributed by atoms with Crippen LogP contribution in [0.15, 0.2) is 42.7 Å². The molecule has 11 heteroatoms. The molecule has 0 bridgehead atoms. The third-order valence-electron chi connectivity index (χ3n) is 5.00. The minimum absolute atomic E-state index is 0.207. The SMILES string of the molecule is O=C(c1ccc(OC(F)(F)F)cc1)N1CCOC2(CN(Cc3ncccn3)CCO2)C1. The highest BCUT2D eigenvalue weighted by molar-refractivity contribution is 5.94. The van der Waals surface area contributed by atoms with E-state index in [9.17, 15) is 18.0 Å². The fraction of sp³-hybridized carbons (Fsp3) is 0.450. The lowest BCUT2D eigenvalue weighted by Crippen LogP contribution is -2.62. The highest BCUT2D eigenvalue weighted by Gasteiger charge is 2.43. The first-order valence-corrected chi connectivity index (χ1v) is 9.73. The van der Waals surface area contributed by atoms with Gasteiger partial charge in [0.25, 0.3) is 5.91 Å². The van der Waals surface area contributed by atoms with Crippen molar-refractivity contribution < 1.29 is 32.2 Å². The fourth-order valence-corrected chi connectivity index (χ4v) is 3.67. The van der Waals surface area contributed by atoms with E-state index >= 15 is 0 Å². The van der Waals surface area contributed by atoms with Crippen LogP contribution in [0.1, 0.15) is 16.2 Å². The number of carbonyl (C=O) groups is 1. The van der Waals surface area contributed by atoms with E-state index in [-0.39, 0.29) is 30.4 Å². The van der Waals surface area contributed by atoms with E-state index in [1.165, 1.54) is 12.1 Å². The van der Waals surface area contributed by atoms with Gasteiger partial charge in [-0.3, -0.25) is 9.69 Å². The molecule has 2 saturated heterocycles. The maximum absolute atomic E-state index is 12.9. The molecule has 1 spiro atoms. The first-order chi connectivity index (χ1) is 14.8. The summed E-state index contributed by atoms with van der Waals surface area (Å²) >= 11 is 0. The molecule has 0 aliphatic carbocycles. The second kappa shape index (κ2) is 8.77. The highest BCUT2D eigenvalue weighted by Crippen LogP contribution is 2.27. The van der Waals surface area contributed by atoms with Crippen LogP contribution in [0.3, 0.4) is 0 Å². The molecule has 0 N–H and O–H groups in total. The molecule has 1 atom stereocenters. The number of nitrogens with zero attached hydrogens (tertiary/aromatic N) is 4. The van der Waals surface area contributed by atoms with Gasteiger partial charge in [0.1, 0.15) is 11.6 Å². The van der Waals surface area contributed by atoms with Crippen LogP contribution < -0.4 is 4.74 Å². The van der Waals surface area contributed by atoms with Gasteiger partial charge in [-0.2, -0.15) is 0 Å². The van der Waals surface area contributed by atoms with E-state index in [0.29, 0.717) is 38.6 Å². The van der Waals surface area contributed by atoms with Crippen molar-refractivity contribution in [1.82, 2.24) is 19.8 Å². The van der Waals surface area contributed by atoms with Crippen molar-refractivity contribution >= 4 is 5.91 Å². The Bertz CT molecular complexity index is 894. The Labute approximate surface area is 176 Å². The lowest BCUT2D eigenvalue weighted by molar-refractivity contribution is -0.287. The molecule has 1 aromatic carbocycles. The molecule has 1 unspecified atom stereocenters. The number of ether oxygens (including phenoxy) is 3. The van der Waals surface area contributed by atoms with Crippen molar-refractivity contribution in [3.8, 4) is 5.75 Å². The van der Waals surface area contributed by atoms with Gasteiger partial charge in [-0.05, 0) is 30.3 Å². The van der Waals surface area contributed by atoms with Crippen LogP contribution >= 0.6 is 0 Å². The second-order valence-electron chi connectivity index (χ2n) is 7.28. The van der Waals surface area contributed by atoms with Crippen molar-refractivity contribution in [2.24, 2.45) is 0 Å². The molecule has 1 amide bonds. The summed E-state index contributed by atoms with van der Waals surface area (Å²) in [7, 11) is 0. The largest absolute Gasteiger partial charge is 0.573 e. The third kappa shape index (κ3) is 5.49. The van der Waals surface area contributed by atoms with Gasteiger partial charge < -0.3 is 19.1 Å². The smallest absolute Gasteiger partial charge is 0.406 e. The summed E-state index contributed by atoms with van der Waals surface area (Å²) in [6.45, 7) is 2.93. The zero-order chi connectivity index (χ0) is 21.9. The summed E-state index contributed by atoms with van der Waals surface area (Å²) in [5.41, 5.74) is 0.261. The number of amides is 1. The standard InChI is InChI=1S/C20H21F3N4O4/c21-20(22,23)31-16-4-2-15(3-5-16)18(28)27-9-11-30-19(14-27)13-26(8-10-29-19)12-17-24-6-1-7-25-17/h1-7H,8-14H2. The number of aromatic nitrogens is 2. The molecule has 2 aromatic rings. The number of benzene rings is 1. The van der Waals surface area contributed by atoms with Crippen molar-refractivity contribution in [1.29, 1.82) is 0 Å². The molecule has 3 heterocycles. The van der Waals surface area contributed by atoms with Crippen molar-refractivity contribution in [2.45, 2.75) is 18.7 Å². The Hall–Kier alpha value is -2.76. The first-order valence-electron chi connectivity index (χ1n) is 9.73. The molecule has 31 heavy (non-hydrogen) atoms. The molecule has 4 rings (SSSR count). The van der Waals surface area contributed by atoms with Crippen LogP contribution in [0.2, 0.25) is 0 Å². The average Bonchev–Trinajstić information content (AvgIpc) is 2.73. The van der Waals surface area contributed by atoms with Gasteiger partial charge in [0.2, 0.25) is 0 Å². The van der Waals surface area contributed by atoms with Gasteiger partial charge in [0.05, 0.1) is 32.8 Å². The van der Waals surface area contributed by atoms with E-state index in [0.717, 1.165) is 12.1 Å². The summed E-state index contributed by atoms with van der Waals surface area (Å²) in [6, 6.07) is 6.61. The average molecular weight is 438 g/mol. The van der Waals surface area contributed by atoms with Crippen molar-refractivity contribution in [3.63, 3.8) is 0 Å². The molecule has 0 radical (unpaired) electrons. The Kier molecular flexibility index (Phi) is 6.08. The monoisotopic (exact) mass is 438 g/mol. The number of halogens is 3. The Morgan fingerprint density at radius 2 is 1.74 bits per heavy atom. The number of alkyl halides is 3. The predicted molar refractivity (Wildman–Crippen MR) is 101 cm³/mol. The summed E-state index contributed by atoms with van der Waals surface area (Å²) in [6.07, 6.45) is -1.42. The van der Waals surface area contributed by atoms with Gasteiger partial charge in [-0.1, -0.05) is 0 Å². The quantitative estimate of drug-likeness (QED) is 0.724. The van der Waals surface area contributed by atoms with Crippen LogP contribution in [0, 0.1) is 0 Å². The molecular formula is C20H21F3N4O4. The maximum atomic E-state index is 12.9. The van der Waals surface area contributed by atoms with Crippen molar-refractivity contribution in [3.05, 3.63) is 54.1 Å². The molecule has 2 fully saturated rings. The molecule has 1 aromatic heterocycles. The summed E-state index contributed by atoms with van der Waals surface area (Å²) in [4.78, 5) is 25.1. The van der Waals surface area contributed by atoms with Crippen LogP contribution in [0.5, 0.6) is 5.75 Å². The number of morpholine rings is 2. The Morgan fingerprint density at radius 3 is 2.42 bits per heavy atom. The minimum atomic E-state index is -4.78. The zero-order valence-corrected chi connectivity index (χ0v) is 16.5. The normalized spacial score (nSPS) is 22.5. The molecule has 2 aliphatic rings. The number of carbonyl (C=O) groups excluding carboxylic acids is 1. The van der Waals surface area contributed by atoms with Gasteiger partial charge >= 0.3 is 6.36 Å². The minimum Gasteiger partial charge on any atom is -0.406 e. The first kappa shape index (κ1) is 21.5. The molecule has 8 nitrogen and oxygen atoms in total. The fourth-order valence-electron chi connectivity index (χ4n) is 3.67. The number of rotatable bonds is 4. The predicted octanol–water partition coefficient (Wildman–Crippen LogP) is 2.08. The summed E-state index contributed by atoms with van der Waals surface area (Å²) in [5.74, 6) is -0.977. The second-order valence-corrected chi connectivity index (χ2v) is 7.28. The summed E-state index contributed by atoms with van der Waals surface area (Å²) in [5, 5.41) is 0. The number of hydrogen-bond acceptors (Lipinski definition) is 7. The van der Waals surface area contributed by atoms with E-state index in [1.54, 1.807) is 23.4 Å². The molecule has 2 aliphatic heterocycles. The van der Waals surface area contributed by atoms with E-state index in [4.69, 9.17) is 9.47 Å². The lowest BCUT2D eigenvalue weighted by Gasteiger charge is -2.47. The lowest BCUT2D eigenvalue weighted by atomic mass is 10.1. The third-order valence-corrected chi connectivity index (χ3v) is 5.00. The van der Waals surface area contributed by atoms with Gasteiger partial charge in [-0.25, -0.2) is 9.97 Å². The Balaban J connectivity index is 1.41. The highest BCUT2D eigenvalue weighted by atomic mass is 19.4. The van der Waals surface area contributed by atoms with Gasteiger partial charge in [0, 0.05) is 31.0 Å². The van der Waals surface area contributed by atoms with Crippen LogP contribution in [-0.2, 0) is 16.0 Å². The van der Waals surface area contributed by atoms with Gasteiger partial charge in [-0.15, -0.1) is 13.2 Å². The molecular weight excluding hydrogens is 417 g/mol. The van der Waals surface area contributed by atoms with Crippen molar-refractivity contribution in [2.75, 3.05) is 39.4 Å². The van der Waals surface area contributed by atoms with E-state index < -0.39 is 12.1 Å². The van der Waals surface area contributed by atoms with Gasteiger partial charge in [0.15, 0.2) is 5.79 Å². The molecule has 0 saturated carbocycles. The van der Waals surface area contributed by atoms with Crippen LogP contribution in [0.4, 0.5) is 13.2 Å². The van der Waals surface area contributed by atoms with E-state index in [2.05, 4.69) is 19.6 Å². The Morgan fingerprint density at radius 1 is 1.06 bits per heavy atom. The zero-order valence-electron chi connectivity index (χ0n) is 16.5.